The molecule has 1 aromatic heterocycles. The van der Waals surface area contributed by atoms with Crippen LogP contribution in [0.5, 0.6) is 0 Å². The number of hydrogen-bond acceptors (Lipinski definition) is 8. The van der Waals surface area contributed by atoms with Gasteiger partial charge in [0, 0.05) is 5.92 Å². The van der Waals surface area contributed by atoms with E-state index in [1.54, 1.807) is 0 Å². The summed E-state index contributed by atoms with van der Waals surface area (Å²) in [4.78, 5) is 36.8. The smallest absolute Gasteiger partial charge is 0.364 e. The van der Waals surface area contributed by atoms with Gasteiger partial charge in [-0.25, -0.2) is 9.80 Å². The summed E-state index contributed by atoms with van der Waals surface area (Å²) in [5.74, 6) is 3.85. The number of Topliss-reactive ketones (excluding diaryl/α,β-unsaturated/α-hetero) is 1. The Morgan fingerprint density at radius 2 is 1.63 bits per heavy atom. The van der Waals surface area contributed by atoms with Crippen LogP contribution in [0, 0.1) is 40.9 Å². The number of rotatable bonds is 5. The molecule has 0 radical (unpaired) electrons. The van der Waals surface area contributed by atoms with Crippen molar-refractivity contribution in [2.45, 2.75) is 122 Å². The van der Waals surface area contributed by atoms with E-state index in [1.807, 2.05) is 6.92 Å². The number of nitrogens with zero attached hydrogens (tertiary/aromatic N) is 7. The first-order valence-corrected chi connectivity index (χ1v) is 16.1. The fourth-order valence-electron chi connectivity index (χ4n) is 9.68. The average Bonchev–Trinajstić information content (AvgIpc) is 3.85. The van der Waals surface area contributed by atoms with Gasteiger partial charge < -0.3 is 5.11 Å². The van der Waals surface area contributed by atoms with Crippen molar-refractivity contribution in [2.24, 2.45) is 51.3 Å². The first kappa shape index (κ1) is 27.4. The molecule has 6 saturated carbocycles. The minimum absolute atomic E-state index is 0.0382. The van der Waals surface area contributed by atoms with E-state index in [0.717, 1.165) is 75.5 Å². The highest BCUT2D eigenvalue weighted by Gasteiger charge is 2.58. The van der Waals surface area contributed by atoms with Crippen LogP contribution in [0.3, 0.4) is 0 Å². The van der Waals surface area contributed by atoms with Crippen LogP contribution in [0.2, 0.25) is 0 Å². The lowest BCUT2D eigenvalue weighted by Gasteiger charge is -2.56. The third-order valence-corrected chi connectivity index (χ3v) is 12.0. The zero-order valence-electron chi connectivity index (χ0n) is 24.5. The second-order valence-electron chi connectivity index (χ2n) is 14.8. The standard InChI is InChI=1S/C25H38N4O3.C5H7N3O/c1-24(32)11-9-17-15(13-24)3-6-19-18(17)10-12-25(2)20(19)7-8-21(25)22(30)14-28-23(31)29(27-26-28)16-4-5-16;9-5-3-6-7-8(5)4-1-2-4/h15-21,32H,3-14H2,1-2H3;4H,1-3H2/t15-,17+,18-,19-,20+,21-,24-,25+;/m1./s1. The first-order chi connectivity index (χ1) is 19.6. The zero-order chi connectivity index (χ0) is 28.5. The Labute approximate surface area is 241 Å². The highest BCUT2D eigenvalue weighted by molar-refractivity contribution is 5.82. The maximum absolute atomic E-state index is 13.4. The van der Waals surface area contributed by atoms with Crippen molar-refractivity contribution < 1.29 is 14.7 Å². The predicted octanol–water partition coefficient (Wildman–Crippen LogP) is 3.72. The molecule has 0 unspecified atom stereocenters. The molecule has 2 heterocycles. The lowest BCUT2D eigenvalue weighted by atomic mass is 9.49. The molecule has 1 N–H and O–H groups in total. The van der Waals surface area contributed by atoms with Crippen LogP contribution in [0.25, 0.3) is 0 Å². The topological polar surface area (TPSA) is 135 Å². The number of amides is 1. The van der Waals surface area contributed by atoms with Crippen molar-refractivity contribution in [1.29, 1.82) is 0 Å². The van der Waals surface area contributed by atoms with Gasteiger partial charge in [0.15, 0.2) is 5.78 Å². The minimum Gasteiger partial charge on any atom is -0.390 e. The van der Waals surface area contributed by atoms with E-state index in [-0.39, 0.29) is 47.8 Å². The van der Waals surface area contributed by atoms with E-state index >= 15 is 0 Å². The van der Waals surface area contributed by atoms with Gasteiger partial charge in [-0.15, -0.1) is 0 Å². The van der Waals surface area contributed by atoms with Crippen LogP contribution >= 0.6 is 0 Å². The van der Waals surface area contributed by atoms with Crippen molar-refractivity contribution >= 4 is 11.7 Å². The Bertz CT molecular complexity index is 1280. The molecule has 11 nitrogen and oxygen atoms in total. The zero-order valence-corrected chi connectivity index (χ0v) is 24.5. The monoisotopic (exact) mass is 567 g/mol. The normalized spacial score (nSPS) is 41.3. The lowest BCUT2D eigenvalue weighted by molar-refractivity contribution is -0.133. The molecule has 11 heteroatoms. The molecule has 6 aliphatic carbocycles. The van der Waals surface area contributed by atoms with Crippen LogP contribution in [-0.4, -0.2) is 59.8 Å². The average molecular weight is 568 g/mol. The highest BCUT2D eigenvalue weighted by Crippen LogP contribution is 2.64. The second kappa shape index (κ2) is 10.1. The number of carbonyl (C=O) groups excluding carboxylic acids is 2. The van der Waals surface area contributed by atoms with E-state index in [1.165, 1.54) is 40.1 Å². The number of ketones is 1. The predicted molar refractivity (Wildman–Crippen MR) is 148 cm³/mol. The maximum atomic E-state index is 13.4. The molecule has 7 aliphatic rings. The van der Waals surface area contributed by atoms with Crippen molar-refractivity contribution in [3.8, 4) is 0 Å². The van der Waals surface area contributed by atoms with Gasteiger partial charge in [-0.05, 0) is 136 Å². The van der Waals surface area contributed by atoms with Crippen molar-refractivity contribution in [1.82, 2.24) is 24.8 Å². The van der Waals surface area contributed by atoms with E-state index in [9.17, 15) is 19.5 Å². The van der Waals surface area contributed by atoms with E-state index in [2.05, 4.69) is 27.7 Å². The van der Waals surface area contributed by atoms with Gasteiger partial charge in [-0.1, -0.05) is 12.1 Å². The summed E-state index contributed by atoms with van der Waals surface area (Å²) < 4.78 is 2.75. The van der Waals surface area contributed by atoms with Crippen LogP contribution in [0.15, 0.2) is 15.1 Å². The Hall–Kier alpha value is -2.43. The summed E-state index contributed by atoms with van der Waals surface area (Å²) in [6.45, 7) is 4.73. The van der Waals surface area contributed by atoms with Gasteiger partial charge in [-0.3, -0.25) is 9.59 Å². The molecule has 224 valence electrons. The van der Waals surface area contributed by atoms with Gasteiger partial charge in [0.1, 0.15) is 13.1 Å². The fraction of sp³-hybridized carbons (Fsp3) is 0.900. The largest absolute Gasteiger partial charge is 0.390 e. The van der Waals surface area contributed by atoms with Gasteiger partial charge in [0.25, 0.3) is 5.91 Å². The number of tetrazole rings is 1. The summed E-state index contributed by atoms with van der Waals surface area (Å²) >= 11 is 0. The third-order valence-electron chi connectivity index (χ3n) is 12.0. The van der Waals surface area contributed by atoms with Crippen LogP contribution in [0.4, 0.5) is 0 Å². The summed E-state index contributed by atoms with van der Waals surface area (Å²) in [6.07, 6.45) is 14.2. The molecule has 6 fully saturated rings. The van der Waals surface area contributed by atoms with E-state index < -0.39 is 5.60 Å². The number of aliphatic hydroxyl groups is 1. The van der Waals surface area contributed by atoms with Gasteiger partial charge in [0.05, 0.1) is 17.7 Å². The highest BCUT2D eigenvalue weighted by atomic mass is 16.3. The maximum Gasteiger partial charge on any atom is 0.364 e. The number of carbonyl (C=O) groups is 2. The van der Waals surface area contributed by atoms with Crippen LogP contribution < -0.4 is 5.69 Å². The van der Waals surface area contributed by atoms with Crippen LogP contribution in [0.1, 0.15) is 103 Å². The summed E-state index contributed by atoms with van der Waals surface area (Å²) in [5, 5.41) is 27.4. The number of fused-ring (bicyclic) bond motifs is 5. The molecule has 41 heavy (non-hydrogen) atoms. The molecular weight excluding hydrogens is 522 g/mol. The molecule has 0 aromatic carbocycles. The van der Waals surface area contributed by atoms with Gasteiger partial charge in [0.2, 0.25) is 0 Å². The molecule has 1 aromatic rings. The van der Waals surface area contributed by atoms with E-state index in [4.69, 9.17) is 0 Å². The van der Waals surface area contributed by atoms with Gasteiger partial charge >= 0.3 is 5.69 Å². The van der Waals surface area contributed by atoms with Crippen LogP contribution in [-0.2, 0) is 16.1 Å². The molecule has 0 bridgehead atoms. The molecule has 8 atom stereocenters. The molecule has 8 rings (SSSR count). The molecule has 1 amide bonds. The second-order valence-corrected chi connectivity index (χ2v) is 14.8. The SMILES string of the molecule is C[C@@]1(O)CC[C@H]2[C@H](CC[C@@H]3[C@@H]2CC[C@]2(C)[C@@H](C(=O)Cn4nnn(C5CC5)c4=O)CC[C@@H]32)C1.O=C1CN=NN1C1CC1. The molecule has 0 spiro atoms. The molecule has 1 aliphatic heterocycles. The molecular formula is C30H45N7O4. The quantitative estimate of drug-likeness (QED) is 0.576. The van der Waals surface area contributed by atoms with E-state index in [0.29, 0.717) is 17.9 Å². The Kier molecular flexibility index (Phi) is 6.74. The Morgan fingerprint density at radius 1 is 0.878 bits per heavy atom. The third kappa shape index (κ3) is 4.99. The number of aromatic nitrogens is 4. The Balaban J connectivity index is 0.000000260. The fourth-order valence-corrected chi connectivity index (χ4v) is 9.68. The van der Waals surface area contributed by atoms with Gasteiger partial charge in [-0.2, -0.15) is 14.5 Å². The Morgan fingerprint density at radius 3 is 2.34 bits per heavy atom. The summed E-state index contributed by atoms with van der Waals surface area (Å²) in [6, 6.07) is 0.581. The minimum atomic E-state index is -0.471. The first-order valence-electron chi connectivity index (χ1n) is 16.1. The lowest BCUT2D eigenvalue weighted by Crippen LogP contribution is -2.51. The number of hydrogen-bond donors (Lipinski definition) is 1. The van der Waals surface area contributed by atoms with Crippen molar-refractivity contribution in [3.63, 3.8) is 0 Å². The van der Waals surface area contributed by atoms with Crippen molar-refractivity contribution in [3.05, 3.63) is 10.5 Å². The van der Waals surface area contributed by atoms with Crippen molar-refractivity contribution in [2.75, 3.05) is 6.54 Å². The molecule has 0 saturated heterocycles. The summed E-state index contributed by atoms with van der Waals surface area (Å²) in [7, 11) is 0. The summed E-state index contributed by atoms with van der Waals surface area (Å²) in [5.41, 5.74) is -0.640.